The number of hydrogen-bond acceptors (Lipinski definition) is 6. The van der Waals surface area contributed by atoms with Gasteiger partial charge in [-0.05, 0) is 37.6 Å². The molecule has 0 radical (unpaired) electrons. The summed E-state index contributed by atoms with van der Waals surface area (Å²) in [6.45, 7) is 4.40. The maximum Gasteiger partial charge on any atom is 0.242 e. The zero-order valence-electron chi connectivity index (χ0n) is 17.5. The summed E-state index contributed by atoms with van der Waals surface area (Å²) in [7, 11) is 0. The highest BCUT2D eigenvalue weighted by molar-refractivity contribution is 5.89. The second-order valence-electron chi connectivity index (χ2n) is 7.18. The molecule has 2 amide bonds. The lowest BCUT2D eigenvalue weighted by molar-refractivity contribution is -0.129. The molecule has 31 heavy (non-hydrogen) atoms. The number of nitrogens with two attached hydrogens (primary N) is 1. The van der Waals surface area contributed by atoms with Gasteiger partial charge in [-0.15, -0.1) is 24.8 Å². The van der Waals surface area contributed by atoms with Crippen LogP contribution in [0.3, 0.4) is 0 Å². The van der Waals surface area contributed by atoms with Gasteiger partial charge in [0.25, 0.3) is 0 Å². The van der Waals surface area contributed by atoms with Crippen molar-refractivity contribution in [2.75, 3.05) is 12.3 Å². The highest BCUT2D eigenvalue weighted by atomic mass is 35.5. The molecule has 3 atom stereocenters. The maximum absolute atomic E-state index is 12.5. The summed E-state index contributed by atoms with van der Waals surface area (Å²) in [6, 6.07) is 12.0. The standard InChI is InChI=1S/C21H27N5O3.2ClH/c1-13-15(8-9-19(22)25-13)11-24-20(27)14(2)26-21(28)18-10-17(12-23-18)29-16-6-4-3-5-7-16;;/h3-9,14,17-18,23H,10-12H2,1-2H3,(H2,22,25)(H,24,27)(H,26,28);2*1H/t14-,17-,18+;;/m0../s1. The predicted molar refractivity (Wildman–Crippen MR) is 125 cm³/mol. The van der Waals surface area contributed by atoms with E-state index in [9.17, 15) is 9.59 Å². The second-order valence-corrected chi connectivity index (χ2v) is 7.18. The molecular weight excluding hydrogens is 441 g/mol. The lowest BCUT2D eigenvalue weighted by atomic mass is 10.1. The first-order valence-electron chi connectivity index (χ1n) is 9.67. The van der Waals surface area contributed by atoms with Crippen molar-refractivity contribution in [2.45, 2.75) is 45.0 Å². The van der Waals surface area contributed by atoms with Crippen LogP contribution in [-0.4, -0.2) is 41.5 Å². The lowest BCUT2D eigenvalue weighted by Crippen LogP contribution is -2.50. The summed E-state index contributed by atoms with van der Waals surface area (Å²) in [5.74, 6) is 0.749. The van der Waals surface area contributed by atoms with E-state index in [0.717, 1.165) is 17.0 Å². The van der Waals surface area contributed by atoms with E-state index in [2.05, 4.69) is 20.9 Å². The van der Waals surface area contributed by atoms with Crippen molar-refractivity contribution in [3.05, 3.63) is 53.7 Å². The fourth-order valence-corrected chi connectivity index (χ4v) is 3.20. The smallest absolute Gasteiger partial charge is 0.242 e. The van der Waals surface area contributed by atoms with E-state index < -0.39 is 6.04 Å². The molecule has 1 aromatic carbocycles. The maximum atomic E-state index is 12.5. The normalized spacial score (nSPS) is 18.1. The molecule has 1 aliphatic rings. The van der Waals surface area contributed by atoms with Crippen LogP contribution in [0, 0.1) is 6.92 Å². The highest BCUT2D eigenvalue weighted by Crippen LogP contribution is 2.17. The van der Waals surface area contributed by atoms with Crippen LogP contribution in [0.25, 0.3) is 0 Å². The van der Waals surface area contributed by atoms with Gasteiger partial charge in [-0.1, -0.05) is 24.3 Å². The number of aromatic nitrogens is 1. The number of anilines is 1. The number of para-hydroxylation sites is 1. The SMILES string of the molecule is Cc1nc(N)ccc1CNC(=O)[C@H](C)NC(=O)[C@H]1C[C@H](Oc2ccccc2)CN1.Cl.Cl. The molecule has 10 heteroatoms. The Hall–Kier alpha value is -2.55. The van der Waals surface area contributed by atoms with Crippen molar-refractivity contribution < 1.29 is 14.3 Å². The summed E-state index contributed by atoms with van der Waals surface area (Å²) in [4.78, 5) is 29.0. The number of ether oxygens (including phenoxy) is 1. The number of carbonyl (C=O) groups excluding carboxylic acids is 2. The topological polar surface area (TPSA) is 118 Å². The van der Waals surface area contributed by atoms with Gasteiger partial charge in [0.1, 0.15) is 23.7 Å². The number of nitrogens with one attached hydrogen (secondary N) is 3. The van der Waals surface area contributed by atoms with Gasteiger partial charge >= 0.3 is 0 Å². The van der Waals surface area contributed by atoms with E-state index in [1.54, 1.807) is 13.0 Å². The minimum absolute atomic E-state index is 0. The summed E-state index contributed by atoms with van der Waals surface area (Å²) in [5.41, 5.74) is 7.28. The fourth-order valence-electron chi connectivity index (χ4n) is 3.20. The Labute approximate surface area is 194 Å². The van der Waals surface area contributed by atoms with Crippen molar-refractivity contribution in [1.82, 2.24) is 20.9 Å². The molecule has 1 aliphatic heterocycles. The van der Waals surface area contributed by atoms with Crippen LogP contribution < -0.4 is 26.4 Å². The summed E-state index contributed by atoms with van der Waals surface area (Å²) < 4.78 is 5.88. The van der Waals surface area contributed by atoms with Crippen molar-refractivity contribution in [3.8, 4) is 5.75 Å². The number of hydrogen-bond donors (Lipinski definition) is 4. The van der Waals surface area contributed by atoms with Crippen molar-refractivity contribution in [3.63, 3.8) is 0 Å². The second kappa shape index (κ2) is 12.3. The van der Waals surface area contributed by atoms with Crippen molar-refractivity contribution in [1.29, 1.82) is 0 Å². The number of carbonyl (C=O) groups is 2. The highest BCUT2D eigenvalue weighted by Gasteiger charge is 2.32. The minimum Gasteiger partial charge on any atom is -0.489 e. The third kappa shape index (κ3) is 7.57. The van der Waals surface area contributed by atoms with Crippen LogP contribution in [-0.2, 0) is 16.1 Å². The average molecular weight is 470 g/mol. The third-order valence-corrected chi connectivity index (χ3v) is 4.87. The van der Waals surface area contributed by atoms with E-state index in [-0.39, 0.29) is 48.8 Å². The number of benzene rings is 1. The van der Waals surface area contributed by atoms with E-state index in [1.165, 1.54) is 0 Å². The Balaban J connectivity index is 0.00000240. The van der Waals surface area contributed by atoms with E-state index >= 15 is 0 Å². The quantitative estimate of drug-likeness (QED) is 0.490. The average Bonchev–Trinajstić information content (AvgIpc) is 3.16. The summed E-state index contributed by atoms with van der Waals surface area (Å²) in [6.07, 6.45) is 0.462. The van der Waals surface area contributed by atoms with Gasteiger partial charge in [-0.3, -0.25) is 9.59 Å². The molecule has 0 saturated carbocycles. The molecule has 3 rings (SSSR count). The van der Waals surface area contributed by atoms with Crippen molar-refractivity contribution >= 4 is 42.4 Å². The van der Waals surface area contributed by atoms with E-state index in [1.807, 2.05) is 43.3 Å². The Kier molecular flexibility index (Phi) is 10.5. The Morgan fingerprint density at radius 3 is 2.61 bits per heavy atom. The van der Waals surface area contributed by atoms with Crippen LogP contribution in [0.5, 0.6) is 5.75 Å². The molecule has 1 aromatic heterocycles. The molecule has 0 unspecified atom stereocenters. The number of nitrogens with zero attached hydrogens (tertiary/aromatic N) is 1. The number of amides is 2. The molecule has 1 fully saturated rings. The van der Waals surface area contributed by atoms with Crippen molar-refractivity contribution in [2.24, 2.45) is 0 Å². The van der Waals surface area contributed by atoms with Crippen LogP contribution >= 0.6 is 24.8 Å². The summed E-state index contributed by atoms with van der Waals surface area (Å²) >= 11 is 0. The molecule has 170 valence electrons. The molecule has 2 heterocycles. The first-order chi connectivity index (χ1) is 13.9. The Bertz CT molecular complexity index is 869. The lowest BCUT2D eigenvalue weighted by Gasteiger charge is -2.17. The van der Waals surface area contributed by atoms with Crippen LogP contribution in [0.2, 0.25) is 0 Å². The first-order valence-corrected chi connectivity index (χ1v) is 9.67. The number of halogens is 2. The zero-order valence-corrected chi connectivity index (χ0v) is 19.1. The zero-order chi connectivity index (χ0) is 20.8. The molecule has 0 spiro atoms. The fraction of sp³-hybridized carbons (Fsp3) is 0.381. The van der Waals surface area contributed by atoms with Crippen LogP contribution in [0.1, 0.15) is 24.6 Å². The molecule has 1 saturated heterocycles. The monoisotopic (exact) mass is 469 g/mol. The Morgan fingerprint density at radius 1 is 1.23 bits per heavy atom. The number of nitrogen functional groups attached to an aromatic ring is 1. The third-order valence-electron chi connectivity index (χ3n) is 4.87. The van der Waals surface area contributed by atoms with Gasteiger partial charge in [0.15, 0.2) is 0 Å². The number of pyridine rings is 1. The van der Waals surface area contributed by atoms with Crippen LogP contribution in [0.15, 0.2) is 42.5 Å². The molecule has 0 aliphatic carbocycles. The van der Waals surface area contributed by atoms with Gasteiger partial charge in [-0.2, -0.15) is 0 Å². The largest absolute Gasteiger partial charge is 0.489 e. The minimum atomic E-state index is -0.652. The molecular formula is C21H29Cl2N5O3. The first kappa shape index (κ1) is 26.5. The molecule has 2 aromatic rings. The Morgan fingerprint density at radius 2 is 1.94 bits per heavy atom. The molecule has 8 nitrogen and oxygen atoms in total. The van der Waals surface area contributed by atoms with Gasteiger partial charge in [0.2, 0.25) is 11.8 Å². The van der Waals surface area contributed by atoms with E-state index in [4.69, 9.17) is 10.5 Å². The molecule has 5 N–H and O–H groups in total. The predicted octanol–water partition coefficient (Wildman–Crippen LogP) is 1.75. The van der Waals surface area contributed by atoms with Gasteiger partial charge in [0.05, 0.1) is 6.04 Å². The van der Waals surface area contributed by atoms with Gasteiger partial charge in [0, 0.05) is 25.2 Å². The van der Waals surface area contributed by atoms with Gasteiger partial charge < -0.3 is 26.4 Å². The van der Waals surface area contributed by atoms with E-state index in [0.29, 0.717) is 25.3 Å². The summed E-state index contributed by atoms with van der Waals surface area (Å²) in [5, 5.41) is 8.73. The number of rotatable bonds is 7. The molecule has 0 bridgehead atoms. The van der Waals surface area contributed by atoms with Gasteiger partial charge in [-0.25, -0.2) is 4.98 Å². The number of aryl methyl sites for hydroxylation is 1. The van der Waals surface area contributed by atoms with Crippen LogP contribution in [0.4, 0.5) is 5.82 Å².